The van der Waals surface area contributed by atoms with Gasteiger partial charge >= 0.3 is 5.97 Å². The Morgan fingerprint density at radius 3 is 2.62 bits per heavy atom. The molecule has 1 aromatic carbocycles. The van der Waals surface area contributed by atoms with Gasteiger partial charge in [-0.25, -0.2) is 14.8 Å². The minimum absolute atomic E-state index is 0.0353. The molecule has 2 atom stereocenters. The van der Waals surface area contributed by atoms with Crippen molar-refractivity contribution in [1.29, 1.82) is 5.26 Å². The molecule has 7 heteroatoms. The number of likely N-dealkylation sites (tertiary alicyclic amines) is 1. The summed E-state index contributed by atoms with van der Waals surface area (Å²) in [6.07, 6.45) is 3.08. The van der Waals surface area contributed by atoms with Gasteiger partial charge in [0, 0.05) is 31.4 Å². The largest absolute Gasteiger partial charge is 0.477 e. The Balaban J connectivity index is 1.74. The highest BCUT2D eigenvalue weighted by atomic mass is 16.5. The fourth-order valence-electron chi connectivity index (χ4n) is 5.28. The van der Waals surface area contributed by atoms with E-state index in [1.807, 2.05) is 49.4 Å². The van der Waals surface area contributed by atoms with Crippen LogP contribution in [0.1, 0.15) is 55.2 Å². The lowest BCUT2D eigenvalue weighted by molar-refractivity contribution is 0.0510. The molecule has 0 saturated carbocycles. The predicted molar refractivity (Wildman–Crippen MR) is 142 cm³/mol. The third-order valence-electron chi connectivity index (χ3n) is 7.11. The lowest BCUT2D eigenvalue weighted by atomic mass is 9.65. The first-order valence-electron chi connectivity index (χ1n) is 13.0. The third-order valence-corrected chi connectivity index (χ3v) is 7.11. The van der Waals surface area contributed by atoms with Gasteiger partial charge in [-0.3, -0.25) is 4.90 Å². The standard InChI is InChI=1S/C30H34N4O3/c1-4-23-20-34(19-22-11-8-7-9-12-22)18-16-30(23,21-31)25-14-15-26(33-27(25)29(35)37-6-3)24-13-10-17-32-28(24)36-5-2/h7-15,17,23H,4-6,16,18-20H2,1-3H3/t23-,30+/m1/s1. The van der Waals surface area contributed by atoms with Crippen molar-refractivity contribution in [2.24, 2.45) is 5.92 Å². The molecule has 0 radical (unpaired) electrons. The Morgan fingerprint density at radius 2 is 1.92 bits per heavy atom. The Morgan fingerprint density at radius 1 is 1.11 bits per heavy atom. The summed E-state index contributed by atoms with van der Waals surface area (Å²) in [5.41, 5.74) is 2.50. The molecule has 1 saturated heterocycles. The maximum Gasteiger partial charge on any atom is 0.357 e. The van der Waals surface area contributed by atoms with Crippen molar-refractivity contribution >= 4 is 5.97 Å². The van der Waals surface area contributed by atoms with Crippen molar-refractivity contribution in [1.82, 2.24) is 14.9 Å². The second-order valence-electron chi connectivity index (χ2n) is 9.26. The van der Waals surface area contributed by atoms with Crippen LogP contribution in [-0.4, -0.2) is 47.1 Å². The number of nitriles is 1. The summed E-state index contributed by atoms with van der Waals surface area (Å²) in [6.45, 7) is 8.81. The molecular weight excluding hydrogens is 464 g/mol. The summed E-state index contributed by atoms with van der Waals surface area (Å²) >= 11 is 0. The number of hydrogen-bond acceptors (Lipinski definition) is 7. The van der Waals surface area contributed by atoms with E-state index < -0.39 is 11.4 Å². The van der Waals surface area contributed by atoms with Crippen LogP contribution in [0, 0.1) is 17.2 Å². The zero-order valence-corrected chi connectivity index (χ0v) is 21.8. The minimum atomic E-state index is -0.840. The zero-order chi connectivity index (χ0) is 26.3. The van der Waals surface area contributed by atoms with Crippen molar-refractivity contribution in [3.63, 3.8) is 0 Å². The highest BCUT2D eigenvalue weighted by Gasteiger charge is 2.46. The Labute approximate surface area is 219 Å². The number of carbonyl (C=O) groups excluding carboxylic acids is 1. The Bertz CT molecular complexity index is 1260. The van der Waals surface area contributed by atoms with Crippen LogP contribution in [-0.2, 0) is 16.7 Å². The lowest BCUT2D eigenvalue weighted by Gasteiger charge is -2.44. The van der Waals surface area contributed by atoms with Crippen LogP contribution in [0.3, 0.4) is 0 Å². The Hall–Kier alpha value is -3.76. The summed E-state index contributed by atoms with van der Waals surface area (Å²) in [7, 11) is 0. The van der Waals surface area contributed by atoms with Gasteiger partial charge in [0.2, 0.25) is 5.88 Å². The van der Waals surface area contributed by atoms with E-state index in [4.69, 9.17) is 14.5 Å². The molecule has 0 bridgehead atoms. The van der Waals surface area contributed by atoms with Crippen LogP contribution in [0.25, 0.3) is 11.3 Å². The quantitative estimate of drug-likeness (QED) is 0.364. The van der Waals surface area contributed by atoms with Crippen molar-refractivity contribution < 1.29 is 14.3 Å². The second kappa shape index (κ2) is 12.0. The molecule has 3 heterocycles. The molecule has 37 heavy (non-hydrogen) atoms. The van der Waals surface area contributed by atoms with Gasteiger partial charge in [-0.1, -0.05) is 49.7 Å². The van der Waals surface area contributed by atoms with Gasteiger partial charge in [0.25, 0.3) is 0 Å². The van der Waals surface area contributed by atoms with Gasteiger partial charge in [-0.05, 0) is 49.9 Å². The molecule has 1 fully saturated rings. The molecule has 0 amide bonds. The van der Waals surface area contributed by atoms with E-state index in [2.05, 4.69) is 35.0 Å². The highest BCUT2D eigenvalue weighted by molar-refractivity contribution is 5.90. The average molecular weight is 499 g/mol. The fraction of sp³-hybridized carbons (Fsp3) is 0.400. The molecule has 3 aromatic rings. The maximum atomic E-state index is 13.2. The van der Waals surface area contributed by atoms with E-state index in [0.717, 1.165) is 26.1 Å². The number of benzene rings is 1. The number of carbonyl (C=O) groups is 1. The van der Waals surface area contributed by atoms with Crippen molar-refractivity contribution in [3.05, 3.63) is 77.6 Å². The summed E-state index contributed by atoms with van der Waals surface area (Å²) in [5.74, 6) is -0.0266. The number of pyridine rings is 2. The fourth-order valence-corrected chi connectivity index (χ4v) is 5.28. The first kappa shape index (κ1) is 26.3. The summed E-state index contributed by atoms with van der Waals surface area (Å²) in [4.78, 5) is 24.7. The Kier molecular flexibility index (Phi) is 8.52. The number of piperidine rings is 1. The van der Waals surface area contributed by atoms with E-state index in [0.29, 0.717) is 35.7 Å². The SMILES string of the molecule is CCOC(=O)c1nc(-c2cccnc2OCC)ccc1[C@]1(C#N)CCN(Cc2ccccc2)C[C@H]1CC. The van der Waals surface area contributed by atoms with Crippen molar-refractivity contribution in [3.8, 4) is 23.2 Å². The normalized spacial score (nSPS) is 19.7. The molecule has 4 rings (SSSR count). The van der Waals surface area contributed by atoms with Crippen LogP contribution in [0.2, 0.25) is 0 Å². The van der Waals surface area contributed by atoms with E-state index in [9.17, 15) is 10.1 Å². The maximum absolute atomic E-state index is 13.2. The molecule has 1 aliphatic heterocycles. The summed E-state index contributed by atoms with van der Waals surface area (Å²) < 4.78 is 11.1. The third kappa shape index (κ3) is 5.50. The van der Waals surface area contributed by atoms with Crippen LogP contribution in [0.15, 0.2) is 60.8 Å². The highest BCUT2D eigenvalue weighted by Crippen LogP contribution is 2.43. The van der Waals surface area contributed by atoms with Crippen LogP contribution >= 0.6 is 0 Å². The van der Waals surface area contributed by atoms with Gasteiger partial charge < -0.3 is 9.47 Å². The van der Waals surface area contributed by atoms with Crippen molar-refractivity contribution in [2.75, 3.05) is 26.3 Å². The average Bonchev–Trinajstić information content (AvgIpc) is 2.94. The van der Waals surface area contributed by atoms with E-state index in [-0.39, 0.29) is 18.2 Å². The van der Waals surface area contributed by atoms with Gasteiger partial charge in [0.05, 0.1) is 36.0 Å². The monoisotopic (exact) mass is 498 g/mol. The molecule has 1 aliphatic rings. The first-order valence-corrected chi connectivity index (χ1v) is 13.0. The number of rotatable bonds is 9. The number of ether oxygens (including phenoxy) is 2. The number of aromatic nitrogens is 2. The van der Waals surface area contributed by atoms with E-state index >= 15 is 0 Å². The minimum Gasteiger partial charge on any atom is -0.477 e. The number of esters is 1. The molecule has 192 valence electrons. The summed E-state index contributed by atoms with van der Waals surface area (Å²) in [6, 6.07) is 20.4. The zero-order valence-electron chi connectivity index (χ0n) is 21.8. The summed E-state index contributed by atoms with van der Waals surface area (Å²) in [5, 5.41) is 10.6. The smallest absolute Gasteiger partial charge is 0.357 e. The number of hydrogen-bond donors (Lipinski definition) is 0. The van der Waals surface area contributed by atoms with E-state index in [1.54, 1.807) is 13.1 Å². The van der Waals surface area contributed by atoms with Crippen LogP contribution in [0.5, 0.6) is 5.88 Å². The van der Waals surface area contributed by atoms with Gasteiger partial charge in [0.15, 0.2) is 5.69 Å². The lowest BCUT2D eigenvalue weighted by Crippen LogP contribution is -2.49. The van der Waals surface area contributed by atoms with Crippen LogP contribution < -0.4 is 4.74 Å². The predicted octanol–water partition coefficient (Wildman–Crippen LogP) is 5.41. The van der Waals surface area contributed by atoms with Gasteiger partial charge in [-0.2, -0.15) is 5.26 Å². The molecule has 2 aromatic heterocycles. The molecular formula is C30H34N4O3. The first-order chi connectivity index (χ1) is 18.1. The van der Waals surface area contributed by atoms with Gasteiger partial charge in [-0.15, -0.1) is 0 Å². The number of nitrogens with zero attached hydrogens (tertiary/aromatic N) is 4. The molecule has 0 N–H and O–H groups in total. The van der Waals surface area contributed by atoms with Crippen LogP contribution in [0.4, 0.5) is 0 Å². The van der Waals surface area contributed by atoms with Crippen molar-refractivity contribution in [2.45, 2.75) is 45.6 Å². The second-order valence-corrected chi connectivity index (χ2v) is 9.26. The molecule has 0 unspecified atom stereocenters. The molecule has 0 aliphatic carbocycles. The van der Waals surface area contributed by atoms with Gasteiger partial charge in [0.1, 0.15) is 0 Å². The van der Waals surface area contributed by atoms with E-state index in [1.165, 1.54) is 5.56 Å². The molecule has 7 nitrogen and oxygen atoms in total. The molecule has 0 spiro atoms. The topological polar surface area (TPSA) is 88.3 Å².